The molecule has 1 aromatic heterocycles. The average Bonchev–Trinajstić information content (AvgIpc) is 3.46. The smallest absolute Gasteiger partial charge is 0.326 e. The van der Waals surface area contributed by atoms with Gasteiger partial charge in [-0.1, -0.05) is 12.1 Å². The molecule has 8 nitrogen and oxygen atoms in total. The zero-order chi connectivity index (χ0) is 26.1. The number of amides is 2. The molecule has 2 aromatic carbocycles. The minimum Gasteiger partial charge on any atom is -0.508 e. The third kappa shape index (κ3) is 5.30. The molecule has 0 spiro atoms. The summed E-state index contributed by atoms with van der Waals surface area (Å²) in [7, 11) is 0. The molecule has 36 heavy (non-hydrogen) atoms. The van der Waals surface area contributed by atoms with Crippen molar-refractivity contribution in [3.05, 3.63) is 64.3 Å². The predicted octanol–water partition coefficient (Wildman–Crippen LogP) is 3.05. The fourth-order valence-electron chi connectivity index (χ4n) is 4.39. The molecule has 0 saturated carbocycles. The molecule has 4 N–H and O–H groups in total. The number of carbonyl (C=O) groups excluding carboxylic acids is 2. The number of aromatic hydroxyl groups is 1. The van der Waals surface area contributed by atoms with Crippen LogP contribution in [0.3, 0.4) is 0 Å². The molecule has 0 radical (unpaired) electrons. The van der Waals surface area contributed by atoms with Gasteiger partial charge in [-0.25, -0.2) is 9.18 Å². The van der Waals surface area contributed by atoms with E-state index in [0.29, 0.717) is 5.56 Å². The van der Waals surface area contributed by atoms with Crippen LogP contribution in [0.1, 0.15) is 27.9 Å². The zero-order valence-electron chi connectivity index (χ0n) is 19.1. The van der Waals surface area contributed by atoms with Gasteiger partial charge < -0.3 is 25.5 Å². The normalized spacial score (nSPS) is 19.3. The first kappa shape index (κ1) is 25.9. The molecule has 2 amide bonds. The zero-order valence-corrected chi connectivity index (χ0v) is 20.7. The van der Waals surface area contributed by atoms with Gasteiger partial charge in [-0.15, -0.1) is 22.9 Å². The summed E-state index contributed by atoms with van der Waals surface area (Å²) in [6.45, 7) is 1.37. The first-order chi connectivity index (χ1) is 17.0. The SMILES string of the molecule is Cc1c(O)cc(F)cc1C(=O)N[C@@H](Cc1ccc2sccc2c1)[C@H](O)C(=O)N1C[C@@H](Cl)C[C@H]1C(=O)O. The number of carboxylic acid groups (broad SMARTS) is 1. The number of aliphatic hydroxyl groups excluding tert-OH is 1. The second kappa shape index (κ2) is 10.4. The monoisotopic (exact) mass is 534 g/mol. The molecule has 4 atom stereocenters. The van der Waals surface area contributed by atoms with Crippen LogP contribution in [0, 0.1) is 12.7 Å². The van der Waals surface area contributed by atoms with Crippen molar-refractivity contribution in [2.45, 2.75) is 43.3 Å². The second-order valence-electron chi connectivity index (χ2n) is 8.80. The Balaban J connectivity index is 1.64. The van der Waals surface area contributed by atoms with Crippen molar-refractivity contribution in [2.75, 3.05) is 6.54 Å². The third-order valence-corrected chi connectivity index (χ3v) is 7.54. The van der Waals surface area contributed by atoms with Crippen molar-refractivity contribution in [1.82, 2.24) is 10.2 Å². The lowest BCUT2D eigenvalue weighted by molar-refractivity contribution is -0.152. The average molecular weight is 535 g/mol. The number of thiophene rings is 1. The molecule has 190 valence electrons. The van der Waals surface area contributed by atoms with Gasteiger partial charge in [-0.2, -0.15) is 0 Å². The molecule has 1 aliphatic heterocycles. The number of nitrogens with one attached hydrogen (secondary N) is 1. The molecule has 0 aliphatic carbocycles. The highest BCUT2D eigenvalue weighted by Crippen LogP contribution is 2.26. The number of likely N-dealkylation sites (tertiary alicyclic amines) is 1. The summed E-state index contributed by atoms with van der Waals surface area (Å²) < 4.78 is 14.9. The maximum Gasteiger partial charge on any atom is 0.326 e. The summed E-state index contributed by atoms with van der Waals surface area (Å²) >= 11 is 7.64. The minimum absolute atomic E-state index is 0.0284. The molecule has 0 bridgehead atoms. The quantitative estimate of drug-likeness (QED) is 0.345. The van der Waals surface area contributed by atoms with Crippen molar-refractivity contribution in [2.24, 2.45) is 0 Å². The third-order valence-electron chi connectivity index (χ3n) is 6.33. The molecule has 1 saturated heterocycles. The fourth-order valence-corrected chi connectivity index (χ4v) is 5.48. The van der Waals surface area contributed by atoms with E-state index in [0.717, 1.165) is 27.1 Å². The summed E-state index contributed by atoms with van der Waals surface area (Å²) in [6, 6.07) is 6.92. The van der Waals surface area contributed by atoms with Gasteiger partial charge in [0.15, 0.2) is 6.10 Å². The first-order valence-corrected chi connectivity index (χ1v) is 12.5. The number of halogens is 2. The Morgan fingerprint density at radius 1 is 1.25 bits per heavy atom. The fraction of sp³-hybridized carbons (Fsp3) is 0.320. The van der Waals surface area contributed by atoms with Crippen LogP contribution in [-0.2, 0) is 16.0 Å². The van der Waals surface area contributed by atoms with Crippen molar-refractivity contribution >= 4 is 50.8 Å². The number of phenolic OH excluding ortho intramolecular Hbond substituents is 1. The largest absolute Gasteiger partial charge is 0.508 e. The molecular formula is C25H24ClFN2O6S. The van der Waals surface area contributed by atoms with Crippen molar-refractivity contribution in [3.8, 4) is 5.75 Å². The van der Waals surface area contributed by atoms with Gasteiger partial charge in [-0.3, -0.25) is 9.59 Å². The van der Waals surface area contributed by atoms with Gasteiger partial charge in [0.25, 0.3) is 11.8 Å². The van der Waals surface area contributed by atoms with Crippen LogP contribution in [0.15, 0.2) is 41.8 Å². The maximum absolute atomic E-state index is 13.9. The number of benzene rings is 2. The van der Waals surface area contributed by atoms with E-state index in [1.54, 1.807) is 17.4 Å². The summed E-state index contributed by atoms with van der Waals surface area (Å²) in [4.78, 5) is 38.9. The van der Waals surface area contributed by atoms with Crippen molar-refractivity contribution in [3.63, 3.8) is 0 Å². The van der Waals surface area contributed by atoms with Gasteiger partial charge in [0.05, 0.1) is 11.4 Å². The minimum atomic E-state index is -1.81. The number of hydrogen-bond acceptors (Lipinski definition) is 6. The van der Waals surface area contributed by atoms with E-state index in [9.17, 15) is 34.1 Å². The molecule has 1 fully saturated rings. The van der Waals surface area contributed by atoms with Gasteiger partial charge in [0.2, 0.25) is 0 Å². The molecule has 0 unspecified atom stereocenters. The molecule has 11 heteroatoms. The Morgan fingerprint density at radius 3 is 2.72 bits per heavy atom. The molecule has 1 aliphatic rings. The summed E-state index contributed by atoms with van der Waals surface area (Å²) in [5, 5.41) is 35.4. The van der Waals surface area contributed by atoms with Crippen LogP contribution in [0.25, 0.3) is 10.1 Å². The Labute approximate surface area is 214 Å². The lowest BCUT2D eigenvalue weighted by Crippen LogP contribution is -2.54. The van der Waals surface area contributed by atoms with E-state index < -0.39 is 52.9 Å². The predicted molar refractivity (Wildman–Crippen MR) is 133 cm³/mol. The molecule has 3 aromatic rings. The van der Waals surface area contributed by atoms with Crippen LogP contribution < -0.4 is 5.32 Å². The Bertz CT molecular complexity index is 1330. The highest BCUT2D eigenvalue weighted by Gasteiger charge is 2.43. The summed E-state index contributed by atoms with van der Waals surface area (Å²) in [5.41, 5.74) is 0.683. The molecule has 4 rings (SSSR count). The number of rotatable bonds is 7. The number of aliphatic carboxylic acids is 1. The van der Waals surface area contributed by atoms with E-state index in [1.165, 1.54) is 6.92 Å². The summed E-state index contributed by atoms with van der Waals surface area (Å²) in [5.74, 6) is -4.17. The van der Waals surface area contributed by atoms with Crippen LogP contribution in [-0.4, -0.2) is 68.1 Å². The second-order valence-corrected chi connectivity index (χ2v) is 10.4. The number of phenols is 1. The van der Waals surface area contributed by atoms with Crippen LogP contribution in [0.5, 0.6) is 5.75 Å². The van der Waals surface area contributed by atoms with E-state index in [-0.39, 0.29) is 30.5 Å². The lowest BCUT2D eigenvalue weighted by atomic mass is 9.98. The highest BCUT2D eigenvalue weighted by molar-refractivity contribution is 7.17. The van der Waals surface area contributed by atoms with E-state index in [4.69, 9.17) is 11.6 Å². The first-order valence-electron chi connectivity index (χ1n) is 11.2. The molecule has 2 heterocycles. The Kier molecular flexibility index (Phi) is 7.49. The van der Waals surface area contributed by atoms with Gasteiger partial charge >= 0.3 is 5.97 Å². The standard InChI is InChI=1S/C25H24ClFN2O6S/c1-12-17(9-16(27)10-20(12)30)23(32)28-18(7-13-2-3-21-14(6-13)4-5-36-21)22(31)24(33)29-11-15(26)8-19(29)25(34)35/h2-6,9-10,15,18-19,22,30-31H,7-8,11H2,1H3,(H,28,32)(H,34,35)/t15-,18-,19-,22-/m0/s1. The summed E-state index contributed by atoms with van der Waals surface area (Å²) in [6.07, 6.45) is -1.75. The number of hydrogen-bond donors (Lipinski definition) is 4. The van der Waals surface area contributed by atoms with E-state index in [1.807, 2.05) is 23.6 Å². The number of alkyl halides is 1. The molecular weight excluding hydrogens is 511 g/mol. The van der Waals surface area contributed by atoms with Gasteiger partial charge in [-0.05, 0) is 54.3 Å². The van der Waals surface area contributed by atoms with Crippen LogP contribution in [0.2, 0.25) is 0 Å². The lowest BCUT2D eigenvalue weighted by Gasteiger charge is -2.29. The van der Waals surface area contributed by atoms with Crippen LogP contribution >= 0.6 is 22.9 Å². The Morgan fingerprint density at radius 2 is 2.00 bits per heavy atom. The van der Waals surface area contributed by atoms with E-state index >= 15 is 0 Å². The number of aliphatic hydroxyl groups is 1. The number of carboxylic acids is 1. The Hall–Kier alpha value is -3.21. The van der Waals surface area contributed by atoms with E-state index in [2.05, 4.69) is 5.32 Å². The maximum atomic E-state index is 13.9. The van der Waals surface area contributed by atoms with Crippen molar-refractivity contribution in [1.29, 1.82) is 0 Å². The number of carbonyl (C=O) groups is 3. The topological polar surface area (TPSA) is 127 Å². The highest BCUT2D eigenvalue weighted by atomic mass is 35.5. The van der Waals surface area contributed by atoms with Gasteiger partial charge in [0.1, 0.15) is 17.6 Å². The van der Waals surface area contributed by atoms with Crippen LogP contribution in [0.4, 0.5) is 4.39 Å². The number of fused-ring (bicyclic) bond motifs is 1. The number of nitrogens with zero attached hydrogens (tertiary/aromatic N) is 1. The van der Waals surface area contributed by atoms with Crippen molar-refractivity contribution < 1.29 is 34.1 Å². The van der Waals surface area contributed by atoms with Gasteiger partial charge in [0, 0.05) is 28.4 Å².